The predicted octanol–water partition coefficient (Wildman–Crippen LogP) is 4.96. The first-order chi connectivity index (χ1) is 12.9. The molecule has 0 aliphatic carbocycles. The van der Waals surface area contributed by atoms with Crippen LogP contribution in [0.5, 0.6) is 5.75 Å². The highest BCUT2D eigenvalue weighted by Gasteiger charge is 2.25. The van der Waals surface area contributed by atoms with Crippen LogP contribution in [-0.4, -0.2) is 24.1 Å². The number of halogens is 3. The van der Waals surface area contributed by atoms with Gasteiger partial charge in [-0.3, -0.25) is 9.59 Å². The van der Waals surface area contributed by atoms with Gasteiger partial charge in [0.05, 0.1) is 15.6 Å². The molecule has 1 fully saturated rings. The maximum Gasteiger partial charge on any atom is 0.279 e. The first-order valence-corrected chi connectivity index (χ1v) is 10.8. The summed E-state index contributed by atoms with van der Waals surface area (Å²) in [7, 11) is 1.59. The summed E-state index contributed by atoms with van der Waals surface area (Å²) in [5.41, 5.74) is 1.18. The number of hydrogen-bond donors (Lipinski definition) is 1. The van der Waals surface area contributed by atoms with Crippen molar-refractivity contribution < 1.29 is 14.3 Å². The molecule has 1 aliphatic heterocycles. The number of rotatable bonds is 3. The number of benzene rings is 2. The van der Waals surface area contributed by atoms with E-state index in [4.69, 9.17) is 16.3 Å². The van der Waals surface area contributed by atoms with E-state index in [0.717, 1.165) is 24.5 Å². The van der Waals surface area contributed by atoms with Gasteiger partial charge in [0.25, 0.3) is 11.8 Å². The Bertz CT molecular complexity index is 991. The van der Waals surface area contributed by atoms with Gasteiger partial charge in [-0.15, -0.1) is 0 Å². The average Bonchev–Trinajstić information content (AvgIpc) is 2.94. The minimum absolute atomic E-state index is 0.241. The van der Waals surface area contributed by atoms with Crippen molar-refractivity contribution in [2.45, 2.75) is 0 Å². The topological polar surface area (TPSA) is 67.8 Å². The van der Waals surface area contributed by atoms with Crippen molar-refractivity contribution in [2.24, 2.45) is 4.99 Å². The van der Waals surface area contributed by atoms with E-state index in [9.17, 15) is 9.59 Å². The molecule has 1 N–H and O–H groups in total. The maximum atomic E-state index is 12.3. The van der Waals surface area contributed by atoms with Gasteiger partial charge in [0, 0.05) is 19.7 Å². The molecule has 1 heterocycles. The van der Waals surface area contributed by atoms with Crippen LogP contribution in [0.3, 0.4) is 0 Å². The molecule has 27 heavy (non-hydrogen) atoms. The Morgan fingerprint density at radius 2 is 1.96 bits per heavy atom. The summed E-state index contributed by atoms with van der Waals surface area (Å²) < 4.78 is 7.42. The number of carbonyl (C=O) groups is 2. The van der Waals surface area contributed by atoms with Crippen molar-refractivity contribution in [1.82, 2.24) is 5.32 Å². The van der Waals surface area contributed by atoms with Crippen LogP contribution in [0.25, 0.3) is 6.08 Å². The third-order valence-corrected chi connectivity index (χ3v) is 6.06. The molecule has 1 saturated heterocycles. The van der Waals surface area contributed by atoms with Gasteiger partial charge in [-0.25, -0.2) is 0 Å². The van der Waals surface area contributed by atoms with Crippen molar-refractivity contribution in [1.29, 1.82) is 0 Å². The third kappa shape index (κ3) is 5.04. The Morgan fingerprint density at radius 1 is 1.26 bits per heavy atom. The van der Waals surface area contributed by atoms with Gasteiger partial charge >= 0.3 is 0 Å². The second-order valence-corrected chi connectivity index (χ2v) is 9.18. The zero-order chi connectivity index (χ0) is 19.6. The van der Waals surface area contributed by atoms with Crippen molar-refractivity contribution in [3.63, 3.8) is 0 Å². The van der Waals surface area contributed by atoms with Crippen LogP contribution < -0.4 is 10.1 Å². The molecule has 0 radical (unpaired) electrons. The smallest absolute Gasteiger partial charge is 0.279 e. The number of thioether (sulfide) groups is 1. The van der Waals surface area contributed by atoms with E-state index >= 15 is 0 Å². The van der Waals surface area contributed by atoms with Crippen LogP contribution in [0.4, 0.5) is 0 Å². The van der Waals surface area contributed by atoms with Crippen LogP contribution in [0.1, 0.15) is 15.9 Å². The van der Waals surface area contributed by atoms with E-state index in [1.165, 1.54) is 0 Å². The summed E-state index contributed by atoms with van der Waals surface area (Å²) in [5, 5.41) is 3.39. The minimum atomic E-state index is -0.447. The second-order valence-electron chi connectivity index (χ2n) is 5.30. The number of ether oxygens (including phenoxy) is 1. The molecule has 1 aliphatic rings. The van der Waals surface area contributed by atoms with E-state index in [-0.39, 0.29) is 11.1 Å². The van der Waals surface area contributed by atoms with Crippen molar-refractivity contribution in [3.8, 4) is 5.75 Å². The van der Waals surface area contributed by atoms with E-state index in [1.54, 1.807) is 37.5 Å². The molecule has 0 bridgehead atoms. The van der Waals surface area contributed by atoms with Crippen LogP contribution in [0.15, 0.2) is 46.3 Å². The largest absolute Gasteiger partial charge is 0.495 e. The Labute approximate surface area is 192 Å². The van der Waals surface area contributed by atoms with Crippen LogP contribution >= 0.6 is 68.5 Å². The molecule has 3 rings (SSSR count). The zero-order valence-electron chi connectivity index (χ0n) is 13.8. The van der Waals surface area contributed by atoms with E-state index < -0.39 is 5.91 Å². The number of aliphatic imine (C=N–C) groups is 1. The number of methoxy groups -OCH3 is 1. The lowest BCUT2D eigenvalue weighted by molar-refractivity contribution is -0.115. The average molecular weight is 625 g/mol. The number of hydrogen-bond acceptors (Lipinski definition) is 4. The van der Waals surface area contributed by atoms with Crippen molar-refractivity contribution in [2.75, 3.05) is 7.11 Å². The lowest BCUT2D eigenvalue weighted by Gasteiger charge is -2.08. The summed E-state index contributed by atoms with van der Waals surface area (Å²) in [6, 6.07) is 10.3. The lowest BCUT2D eigenvalue weighted by atomic mass is 10.2. The SMILES string of the molecule is COc1c(I)cc(I)cc1/C=C1\SC(=NC(=O)c2ccc(Cl)cc2)NC1=O. The van der Waals surface area contributed by atoms with E-state index in [1.807, 2.05) is 12.1 Å². The molecule has 2 amide bonds. The van der Waals surface area contributed by atoms with Crippen molar-refractivity contribution in [3.05, 3.63) is 64.6 Å². The minimum Gasteiger partial charge on any atom is -0.495 e. The monoisotopic (exact) mass is 624 g/mol. The van der Waals surface area contributed by atoms with Gasteiger partial charge in [0.2, 0.25) is 0 Å². The number of carbonyl (C=O) groups excluding carboxylic acids is 2. The molecule has 2 aromatic rings. The molecule has 0 unspecified atom stereocenters. The molecular formula is C18H11ClI2N2O3S. The molecule has 5 nitrogen and oxygen atoms in total. The van der Waals surface area contributed by atoms with Gasteiger partial charge in [0.1, 0.15) is 5.75 Å². The highest BCUT2D eigenvalue weighted by Crippen LogP contribution is 2.33. The highest BCUT2D eigenvalue weighted by molar-refractivity contribution is 14.1. The van der Waals surface area contributed by atoms with Gasteiger partial charge < -0.3 is 10.1 Å². The van der Waals surface area contributed by atoms with E-state index in [0.29, 0.717) is 21.2 Å². The fraction of sp³-hybridized carbons (Fsp3) is 0.0556. The summed E-state index contributed by atoms with van der Waals surface area (Å²) in [5.74, 6) is -0.0600. The fourth-order valence-electron chi connectivity index (χ4n) is 2.27. The Hall–Kier alpha value is -1.11. The third-order valence-electron chi connectivity index (χ3n) is 3.47. The number of nitrogens with one attached hydrogen (secondary N) is 1. The standard InChI is InChI=1S/C18H11ClI2N2O3S/c1-26-15-10(6-12(20)8-13(15)21)7-14-17(25)23-18(27-14)22-16(24)9-2-4-11(19)5-3-9/h2-8H,1H3,(H,22,23,24,25)/b14-7-. The van der Waals surface area contributed by atoms with Crippen LogP contribution in [0.2, 0.25) is 5.02 Å². The quantitative estimate of drug-likeness (QED) is 0.388. The van der Waals surface area contributed by atoms with Gasteiger partial charge in [-0.05, 0) is 99.4 Å². The van der Waals surface area contributed by atoms with E-state index in [2.05, 4.69) is 55.5 Å². The van der Waals surface area contributed by atoms with Gasteiger partial charge in [-0.2, -0.15) is 4.99 Å². The summed E-state index contributed by atoms with van der Waals surface area (Å²) in [6.07, 6.45) is 1.73. The van der Waals surface area contributed by atoms with Gasteiger partial charge in [0.15, 0.2) is 5.17 Å². The van der Waals surface area contributed by atoms with Crippen LogP contribution in [-0.2, 0) is 4.79 Å². The number of nitrogens with zero attached hydrogens (tertiary/aromatic N) is 1. The maximum absolute atomic E-state index is 12.3. The molecule has 138 valence electrons. The Balaban J connectivity index is 1.86. The molecular weight excluding hydrogens is 614 g/mol. The fourth-order valence-corrected chi connectivity index (χ4v) is 5.32. The Morgan fingerprint density at radius 3 is 2.63 bits per heavy atom. The second kappa shape index (κ2) is 8.93. The Kier molecular flexibility index (Phi) is 6.82. The summed E-state index contributed by atoms with van der Waals surface area (Å²) in [4.78, 5) is 28.9. The molecule has 0 atom stereocenters. The molecule has 9 heteroatoms. The first-order valence-electron chi connectivity index (χ1n) is 7.50. The summed E-state index contributed by atoms with van der Waals surface area (Å²) >= 11 is 11.3. The summed E-state index contributed by atoms with van der Waals surface area (Å²) in [6.45, 7) is 0. The first kappa shape index (κ1) is 20.6. The van der Waals surface area contributed by atoms with Crippen LogP contribution in [0, 0.1) is 7.14 Å². The predicted molar refractivity (Wildman–Crippen MR) is 125 cm³/mol. The van der Waals surface area contributed by atoms with Gasteiger partial charge in [-0.1, -0.05) is 11.6 Å². The lowest BCUT2D eigenvalue weighted by Crippen LogP contribution is -2.20. The van der Waals surface area contributed by atoms with Crippen molar-refractivity contribution >= 4 is 91.6 Å². The zero-order valence-corrected chi connectivity index (χ0v) is 19.6. The molecule has 0 aromatic heterocycles. The highest BCUT2D eigenvalue weighted by atomic mass is 127. The molecule has 0 spiro atoms. The number of amides is 2. The number of amidine groups is 1. The molecule has 0 saturated carbocycles. The molecule has 2 aromatic carbocycles. The normalized spacial score (nSPS) is 16.7.